The highest BCUT2D eigenvalue weighted by Gasteiger charge is 2.23. The van der Waals surface area contributed by atoms with Crippen LogP contribution >= 0.6 is 11.3 Å². The van der Waals surface area contributed by atoms with Crippen molar-refractivity contribution in [2.75, 3.05) is 50.6 Å². The fourth-order valence-electron chi connectivity index (χ4n) is 3.53. The van der Waals surface area contributed by atoms with E-state index in [0.29, 0.717) is 30.3 Å². The van der Waals surface area contributed by atoms with E-state index >= 15 is 0 Å². The van der Waals surface area contributed by atoms with Crippen LogP contribution in [0.25, 0.3) is 10.2 Å². The van der Waals surface area contributed by atoms with Crippen molar-refractivity contribution in [1.82, 2.24) is 9.88 Å². The molecule has 30 heavy (non-hydrogen) atoms. The topological polar surface area (TPSA) is 66.9 Å². The minimum Gasteiger partial charge on any atom is -0.493 e. The minimum atomic E-state index is -0.112. The molecule has 1 fully saturated rings. The number of aromatic nitrogens is 1. The molecule has 0 bridgehead atoms. The van der Waals surface area contributed by atoms with E-state index in [1.165, 1.54) is 10.3 Å². The van der Waals surface area contributed by atoms with Crippen molar-refractivity contribution in [1.29, 1.82) is 0 Å². The molecule has 0 radical (unpaired) electrons. The fraction of sp³-hybridized carbons (Fsp3) is 0.364. The number of carbonyl (C=O) groups is 1. The van der Waals surface area contributed by atoms with E-state index in [0.717, 1.165) is 30.2 Å². The Bertz CT molecular complexity index is 1040. The molecule has 1 aromatic heterocycles. The Morgan fingerprint density at radius 1 is 1.07 bits per heavy atom. The molecule has 7 nitrogen and oxygen atoms in total. The van der Waals surface area contributed by atoms with Crippen LogP contribution in [0.2, 0.25) is 0 Å². The summed E-state index contributed by atoms with van der Waals surface area (Å²) in [5.74, 6) is 1.22. The summed E-state index contributed by atoms with van der Waals surface area (Å²) in [6.07, 6.45) is 1.02. The molecule has 2 amide bonds. The van der Waals surface area contributed by atoms with E-state index in [1.54, 1.807) is 43.8 Å². The maximum atomic E-state index is 12.7. The minimum absolute atomic E-state index is 0.112. The van der Waals surface area contributed by atoms with E-state index in [9.17, 15) is 4.79 Å². The van der Waals surface area contributed by atoms with Gasteiger partial charge in [-0.05, 0) is 36.2 Å². The monoisotopic (exact) mass is 426 g/mol. The molecule has 8 heteroatoms. The van der Waals surface area contributed by atoms with Crippen LogP contribution in [0.5, 0.6) is 11.5 Å². The number of thiazole rings is 1. The second-order valence-electron chi connectivity index (χ2n) is 7.13. The van der Waals surface area contributed by atoms with E-state index in [1.807, 2.05) is 4.90 Å². The van der Waals surface area contributed by atoms with Crippen molar-refractivity contribution >= 4 is 38.4 Å². The Morgan fingerprint density at radius 2 is 1.83 bits per heavy atom. The van der Waals surface area contributed by atoms with Gasteiger partial charge in [0, 0.05) is 37.9 Å². The summed E-state index contributed by atoms with van der Waals surface area (Å²) < 4.78 is 11.8. The number of hydrogen-bond donors (Lipinski definition) is 1. The van der Waals surface area contributed by atoms with E-state index in [2.05, 4.69) is 35.3 Å². The number of benzene rings is 2. The zero-order chi connectivity index (χ0) is 21.1. The van der Waals surface area contributed by atoms with Gasteiger partial charge in [0.2, 0.25) is 0 Å². The van der Waals surface area contributed by atoms with Gasteiger partial charge in [-0.25, -0.2) is 9.78 Å². The molecule has 2 aromatic carbocycles. The summed E-state index contributed by atoms with van der Waals surface area (Å²) in [6.45, 7) is 4.99. The van der Waals surface area contributed by atoms with Crippen molar-refractivity contribution in [2.45, 2.75) is 13.3 Å². The van der Waals surface area contributed by atoms with Crippen molar-refractivity contribution in [3.63, 3.8) is 0 Å². The average molecular weight is 427 g/mol. The largest absolute Gasteiger partial charge is 0.493 e. The summed E-state index contributed by atoms with van der Waals surface area (Å²) >= 11 is 1.72. The molecule has 1 aliphatic rings. The van der Waals surface area contributed by atoms with Crippen molar-refractivity contribution in [2.24, 2.45) is 0 Å². The number of nitrogens with zero attached hydrogens (tertiary/aromatic N) is 3. The van der Waals surface area contributed by atoms with Gasteiger partial charge in [-0.3, -0.25) is 0 Å². The van der Waals surface area contributed by atoms with E-state index in [4.69, 9.17) is 14.5 Å². The van der Waals surface area contributed by atoms with Crippen LogP contribution in [-0.4, -0.2) is 56.3 Å². The van der Waals surface area contributed by atoms with Crippen molar-refractivity contribution in [3.05, 3.63) is 42.0 Å². The second-order valence-corrected chi connectivity index (χ2v) is 8.14. The molecule has 0 unspecified atom stereocenters. The van der Waals surface area contributed by atoms with Gasteiger partial charge in [0.15, 0.2) is 16.6 Å². The highest BCUT2D eigenvalue weighted by Crippen LogP contribution is 2.31. The Morgan fingerprint density at radius 3 is 2.53 bits per heavy atom. The first kappa shape index (κ1) is 20.3. The first-order valence-electron chi connectivity index (χ1n) is 10.0. The summed E-state index contributed by atoms with van der Waals surface area (Å²) in [5.41, 5.74) is 3.05. The molecule has 1 N–H and O–H groups in total. The molecule has 0 saturated carbocycles. The molecule has 2 heterocycles. The van der Waals surface area contributed by atoms with Gasteiger partial charge in [0.25, 0.3) is 0 Å². The Balaban J connectivity index is 1.38. The molecule has 0 spiro atoms. The number of ether oxygens (including phenoxy) is 2. The van der Waals surface area contributed by atoms with Crippen LogP contribution in [0.4, 0.5) is 15.6 Å². The lowest BCUT2D eigenvalue weighted by atomic mass is 10.2. The molecule has 0 aliphatic carbocycles. The van der Waals surface area contributed by atoms with Crippen LogP contribution in [0.15, 0.2) is 36.4 Å². The number of aryl methyl sites for hydroxylation is 1. The number of rotatable bonds is 5. The maximum absolute atomic E-state index is 12.7. The number of fused-ring (bicyclic) bond motifs is 1. The first-order valence-corrected chi connectivity index (χ1v) is 10.8. The van der Waals surface area contributed by atoms with Gasteiger partial charge in [-0.1, -0.05) is 24.3 Å². The third-order valence-corrected chi connectivity index (χ3v) is 6.40. The number of amides is 2. The molecule has 3 aromatic rings. The van der Waals surface area contributed by atoms with Crippen molar-refractivity contribution in [3.8, 4) is 11.5 Å². The van der Waals surface area contributed by atoms with Crippen LogP contribution in [0.1, 0.15) is 12.5 Å². The maximum Gasteiger partial charge on any atom is 0.321 e. The number of urea groups is 1. The molecule has 1 aliphatic heterocycles. The highest BCUT2D eigenvalue weighted by molar-refractivity contribution is 7.22. The van der Waals surface area contributed by atoms with Gasteiger partial charge in [-0.2, -0.15) is 0 Å². The van der Waals surface area contributed by atoms with Crippen LogP contribution in [0.3, 0.4) is 0 Å². The normalized spacial score (nSPS) is 14.1. The number of nitrogens with one attached hydrogen (secondary N) is 1. The Hall–Kier alpha value is -3.00. The van der Waals surface area contributed by atoms with Gasteiger partial charge < -0.3 is 24.6 Å². The summed E-state index contributed by atoms with van der Waals surface area (Å²) in [4.78, 5) is 21.6. The number of anilines is 2. The third-order valence-electron chi connectivity index (χ3n) is 5.32. The summed E-state index contributed by atoms with van der Waals surface area (Å²) in [7, 11) is 3.16. The molecule has 1 saturated heterocycles. The number of methoxy groups -OCH3 is 2. The van der Waals surface area contributed by atoms with E-state index < -0.39 is 0 Å². The summed E-state index contributed by atoms with van der Waals surface area (Å²) in [5, 5.41) is 3.97. The second kappa shape index (κ2) is 8.79. The lowest BCUT2D eigenvalue weighted by Crippen LogP contribution is -2.50. The molecule has 4 rings (SSSR count). The van der Waals surface area contributed by atoms with E-state index in [-0.39, 0.29) is 6.03 Å². The van der Waals surface area contributed by atoms with Gasteiger partial charge in [0.1, 0.15) is 0 Å². The first-order chi connectivity index (χ1) is 14.6. The van der Waals surface area contributed by atoms with Crippen LogP contribution in [0, 0.1) is 0 Å². The SMILES string of the molecule is CCc1ccc2nc(N3CCN(C(=O)Nc4ccc(OC)c(OC)c4)CC3)sc2c1. The van der Waals surface area contributed by atoms with Gasteiger partial charge >= 0.3 is 6.03 Å². The molecular weight excluding hydrogens is 400 g/mol. The van der Waals surface area contributed by atoms with Crippen molar-refractivity contribution < 1.29 is 14.3 Å². The van der Waals surface area contributed by atoms with Gasteiger partial charge in [0.05, 0.1) is 24.4 Å². The number of hydrogen-bond acceptors (Lipinski definition) is 6. The van der Waals surface area contributed by atoms with Crippen LogP contribution in [-0.2, 0) is 6.42 Å². The zero-order valence-electron chi connectivity index (χ0n) is 17.5. The van der Waals surface area contributed by atoms with Gasteiger partial charge in [-0.15, -0.1) is 0 Å². The average Bonchev–Trinajstić information content (AvgIpc) is 3.22. The molecule has 0 atom stereocenters. The Kier molecular flexibility index (Phi) is 5.94. The molecular formula is C22H26N4O3S. The third kappa shape index (κ3) is 4.14. The number of carbonyl (C=O) groups excluding carboxylic acids is 1. The Labute approximate surface area is 180 Å². The predicted octanol–water partition coefficient (Wildman–Crippen LogP) is 4.23. The smallest absolute Gasteiger partial charge is 0.321 e. The quantitative estimate of drug-likeness (QED) is 0.661. The number of piperazine rings is 1. The van der Waals surface area contributed by atoms with Crippen LogP contribution < -0.4 is 19.7 Å². The highest BCUT2D eigenvalue weighted by atomic mass is 32.1. The molecule has 158 valence electrons. The fourth-order valence-corrected chi connectivity index (χ4v) is 4.61. The lowest BCUT2D eigenvalue weighted by molar-refractivity contribution is 0.208. The standard InChI is InChI=1S/C22H26N4O3S/c1-4-15-5-7-17-20(13-15)30-22(24-17)26-11-9-25(10-12-26)21(27)23-16-6-8-18(28-2)19(14-16)29-3/h5-8,13-14H,4,9-12H2,1-3H3,(H,23,27). The summed E-state index contributed by atoms with van der Waals surface area (Å²) in [6, 6.07) is 11.7. The predicted molar refractivity (Wildman–Crippen MR) is 121 cm³/mol. The zero-order valence-corrected chi connectivity index (χ0v) is 18.3. The lowest BCUT2D eigenvalue weighted by Gasteiger charge is -2.34.